The monoisotopic (exact) mass is 541 g/mol. The molecule has 0 aromatic heterocycles. The van der Waals surface area contributed by atoms with Crippen molar-refractivity contribution in [1.29, 1.82) is 0 Å². The molecule has 3 aromatic carbocycles. The van der Waals surface area contributed by atoms with Gasteiger partial charge < -0.3 is 9.47 Å². The van der Waals surface area contributed by atoms with Gasteiger partial charge in [0.25, 0.3) is 15.9 Å². The van der Waals surface area contributed by atoms with Gasteiger partial charge in [-0.25, -0.2) is 13.8 Å². The molecule has 0 bridgehead atoms. The smallest absolute Gasteiger partial charge is 0.264 e. The Morgan fingerprint density at radius 1 is 1.08 bits per heavy atom. The first-order chi connectivity index (χ1) is 17.8. The number of rotatable bonds is 12. The van der Waals surface area contributed by atoms with E-state index < -0.39 is 22.5 Å². The molecule has 1 amide bonds. The van der Waals surface area contributed by atoms with E-state index in [1.54, 1.807) is 61.5 Å². The highest BCUT2D eigenvalue weighted by Gasteiger charge is 2.27. The molecule has 0 saturated heterocycles. The van der Waals surface area contributed by atoms with Crippen LogP contribution in [0.4, 0.5) is 5.69 Å². The standard InChI is InChI=1S/C27H28ClN3O5S/c1-4-15-36-25-14-12-21(16-26(25)35-5-2)18-29-30-27(32)19-31(22-13-11-20(3)24(28)17-22)37(33,34)23-9-7-6-8-10-23/h4,6-14,16-18H,1,5,15,19H2,2-3H3,(H,30,32)/b29-18-. The van der Waals surface area contributed by atoms with Crippen molar-refractivity contribution < 1.29 is 22.7 Å². The third kappa shape index (κ3) is 7.34. The Kier molecular flexibility index (Phi) is 9.71. The molecule has 37 heavy (non-hydrogen) atoms. The largest absolute Gasteiger partial charge is 0.490 e. The highest BCUT2D eigenvalue weighted by Crippen LogP contribution is 2.29. The number of carbonyl (C=O) groups is 1. The molecule has 0 aliphatic heterocycles. The highest BCUT2D eigenvalue weighted by atomic mass is 35.5. The number of hydrogen-bond acceptors (Lipinski definition) is 6. The lowest BCUT2D eigenvalue weighted by molar-refractivity contribution is -0.119. The molecule has 0 saturated carbocycles. The number of benzene rings is 3. The predicted octanol–water partition coefficient (Wildman–Crippen LogP) is 4.96. The van der Waals surface area contributed by atoms with E-state index in [4.69, 9.17) is 21.1 Å². The molecule has 10 heteroatoms. The minimum atomic E-state index is -4.06. The fourth-order valence-electron chi connectivity index (χ4n) is 3.26. The zero-order valence-corrected chi connectivity index (χ0v) is 22.1. The Balaban J connectivity index is 1.80. The van der Waals surface area contributed by atoms with Crippen molar-refractivity contribution in [1.82, 2.24) is 5.43 Å². The Morgan fingerprint density at radius 2 is 1.84 bits per heavy atom. The number of hydrazone groups is 1. The van der Waals surface area contributed by atoms with Crippen LogP contribution in [-0.2, 0) is 14.8 Å². The average Bonchev–Trinajstić information content (AvgIpc) is 2.89. The summed E-state index contributed by atoms with van der Waals surface area (Å²) in [5, 5.41) is 4.37. The maximum Gasteiger partial charge on any atom is 0.264 e. The summed E-state index contributed by atoms with van der Waals surface area (Å²) in [7, 11) is -4.06. The van der Waals surface area contributed by atoms with Crippen LogP contribution in [0.1, 0.15) is 18.1 Å². The molecule has 0 fully saturated rings. The van der Waals surface area contributed by atoms with E-state index in [9.17, 15) is 13.2 Å². The fraction of sp³-hybridized carbons (Fsp3) is 0.185. The maximum atomic E-state index is 13.4. The van der Waals surface area contributed by atoms with E-state index in [0.29, 0.717) is 35.3 Å². The van der Waals surface area contributed by atoms with Crippen molar-refractivity contribution in [3.05, 3.63) is 95.5 Å². The number of carbonyl (C=O) groups excluding carboxylic acids is 1. The normalized spacial score (nSPS) is 11.2. The van der Waals surface area contributed by atoms with Crippen LogP contribution in [0, 0.1) is 6.92 Å². The quantitative estimate of drug-likeness (QED) is 0.199. The first-order valence-corrected chi connectivity index (χ1v) is 13.2. The van der Waals surface area contributed by atoms with Gasteiger partial charge in [-0.2, -0.15) is 5.10 Å². The lowest BCUT2D eigenvalue weighted by atomic mass is 10.2. The number of anilines is 1. The fourth-order valence-corrected chi connectivity index (χ4v) is 4.87. The van der Waals surface area contributed by atoms with Gasteiger partial charge in [-0.15, -0.1) is 0 Å². The van der Waals surface area contributed by atoms with E-state index in [2.05, 4.69) is 17.1 Å². The molecule has 194 valence electrons. The molecule has 1 N–H and O–H groups in total. The third-order valence-corrected chi connectivity index (χ3v) is 7.28. The molecule has 0 aliphatic carbocycles. The van der Waals surface area contributed by atoms with Crippen molar-refractivity contribution in [2.75, 3.05) is 24.1 Å². The SMILES string of the molecule is C=CCOc1ccc(/C=N\NC(=O)CN(c2ccc(C)c(Cl)c2)S(=O)(=O)c2ccccc2)cc1OCC. The number of nitrogens with zero attached hydrogens (tertiary/aromatic N) is 2. The summed E-state index contributed by atoms with van der Waals surface area (Å²) in [6.45, 7) is 7.56. The Bertz CT molecular complexity index is 1380. The maximum absolute atomic E-state index is 13.4. The number of nitrogens with one attached hydrogen (secondary N) is 1. The third-order valence-electron chi connectivity index (χ3n) is 5.09. The summed E-state index contributed by atoms with van der Waals surface area (Å²) in [5.41, 5.74) is 4.08. The minimum Gasteiger partial charge on any atom is -0.490 e. The van der Waals surface area contributed by atoms with Gasteiger partial charge in [0.15, 0.2) is 11.5 Å². The molecule has 8 nitrogen and oxygen atoms in total. The van der Waals surface area contributed by atoms with Crippen molar-refractivity contribution in [3.8, 4) is 11.5 Å². The van der Waals surface area contributed by atoms with E-state index in [0.717, 1.165) is 9.87 Å². The van der Waals surface area contributed by atoms with Gasteiger partial charge in [0, 0.05) is 5.02 Å². The molecule has 0 unspecified atom stereocenters. The van der Waals surface area contributed by atoms with E-state index >= 15 is 0 Å². The zero-order valence-electron chi connectivity index (χ0n) is 20.6. The number of sulfonamides is 1. The first kappa shape index (κ1) is 27.8. The predicted molar refractivity (Wildman–Crippen MR) is 146 cm³/mol. The van der Waals surface area contributed by atoms with Crippen LogP contribution in [-0.4, -0.2) is 40.3 Å². The van der Waals surface area contributed by atoms with Gasteiger partial charge in [-0.1, -0.05) is 48.5 Å². The van der Waals surface area contributed by atoms with Crippen LogP contribution in [0.15, 0.2) is 89.4 Å². The summed E-state index contributed by atoms with van der Waals surface area (Å²) in [6.07, 6.45) is 3.06. The number of halogens is 1. The average molecular weight is 542 g/mol. The van der Waals surface area contributed by atoms with Crippen molar-refractivity contribution in [3.63, 3.8) is 0 Å². The molecular weight excluding hydrogens is 514 g/mol. The molecule has 3 rings (SSSR count). The van der Waals surface area contributed by atoms with E-state index in [-0.39, 0.29) is 10.6 Å². The first-order valence-electron chi connectivity index (χ1n) is 11.4. The number of amides is 1. The van der Waals surface area contributed by atoms with Crippen LogP contribution in [0.5, 0.6) is 11.5 Å². The van der Waals surface area contributed by atoms with Crippen molar-refractivity contribution in [2.24, 2.45) is 5.10 Å². The van der Waals surface area contributed by atoms with Crippen molar-refractivity contribution in [2.45, 2.75) is 18.7 Å². The van der Waals surface area contributed by atoms with Gasteiger partial charge in [-0.3, -0.25) is 9.10 Å². The van der Waals surface area contributed by atoms with E-state index in [1.807, 2.05) is 6.92 Å². The zero-order chi connectivity index (χ0) is 26.8. The second-order valence-electron chi connectivity index (χ2n) is 7.79. The Hall–Kier alpha value is -3.82. The number of hydrogen-bond donors (Lipinski definition) is 1. The molecular formula is C27H28ClN3O5S. The lowest BCUT2D eigenvalue weighted by Crippen LogP contribution is -2.39. The van der Waals surface area contributed by atoms with E-state index in [1.165, 1.54) is 24.4 Å². The van der Waals surface area contributed by atoms with Gasteiger partial charge in [-0.05, 0) is 67.4 Å². The van der Waals surface area contributed by atoms with Crippen LogP contribution in [0.25, 0.3) is 0 Å². The summed E-state index contributed by atoms with van der Waals surface area (Å²) >= 11 is 6.25. The molecule has 0 radical (unpaired) electrons. The second kappa shape index (κ2) is 12.9. The van der Waals surface area contributed by atoms with Crippen molar-refractivity contribution >= 4 is 39.4 Å². The summed E-state index contributed by atoms with van der Waals surface area (Å²) < 4.78 is 39.0. The van der Waals surface area contributed by atoms with Gasteiger partial charge in [0.1, 0.15) is 13.2 Å². The van der Waals surface area contributed by atoms with Crippen LogP contribution >= 0.6 is 11.6 Å². The van der Waals surface area contributed by atoms with Gasteiger partial charge in [0.05, 0.1) is 23.4 Å². The van der Waals surface area contributed by atoms with Gasteiger partial charge >= 0.3 is 0 Å². The summed E-state index contributed by atoms with van der Waals surface area (Å²) in [6, 6.07) is 17.9. The number of ether oxygens (including phenoxy) is 2. The van der Waals surface area contributed by atoms with Gasteiger partial charge in [0.2, 0.25) is 0 Å². The minimum absolute atomic E-state index is 0.0465. The number of aryl methyl sites for hydroxylation is 1. The molecule has 3 aromatic rings. The molecule has 0 aliphatic rings. The second-order valence-corrected chi connectivity index (χ2v) is 10.1. The summed E-state index contributed by atoms with van der Waals surface area (Å²) in [5.74, 6) is 0.445. The molecule has 0 heterocycles. The molecule has 0 atom stereocenters. The van der Waals surface area contributed by atoms with Crippen LogP contribution in [0.3, 0.4) is 0 Å². The molecule has 0 spiro atoms. The Morgan fingerprint density at radius 3 is 2.51 bits per heavy atom. The van der Waals surface area contributed by atoms with Crippen LogP contribution in [0.2, 0.25) is 5.02 Å². The summed E-state index contributed by atoms with van der Waals surface area (Å²) in [4.78, 5) is 12.8. The Labute approximate surface area is 222 Å². The highest BCUT2D eigenvalue weighted by molar-refractivity contribution is 7.92. The topological polar surface area (TPSA) is 97.3 Å². The van der Waals surface area contributed by atoms with Crippen LogP contribution < -0.4 is 19.2 Å². The lowest BCUT2D eigenvalue weighted by Gasteiger charge is -2.24.